The number of nitrogens with zero attached hydrogens (tertiary/aromatic N) is 4. The van der Waals surface area contributed by atoms with Gasteiger partial charge >= 0.3 is 0 Å². The van der Waals surface area contributed by atoms with Gasteiger partial charge in [0.05, 0.1) is 33.5 Å². The molecule has 0 unspecified atom stereocenters. The number of hydrogen-bond donors (Lipinski definition) is 0. The third kappa shape index (κ3) is 17.7. The van der Waals surface area contributed by atoms with E-state index >= 15 is 0 Å². The van der Waals surface area contributed by atoms with Crippen LogP contribution in [0.3, 0.4) is 0 Å². The molecule has 2 aromatic heterocycles. The number of anilines is 2. The summed E-state index contributed by atoms with van der Waals surface area (Å²) < 4.78 is 11.8. The van der Waals surface area contributed by atoms with Crippen LogP contribution in [0.15, 0.2) is 168 Å². The van der Waals surface area contributed by atoms with E-state index in [2.05, 4.69) is 225 Å². The van der Waals surface area contributed by atoms with Gasteiger partial charge < -0.3 is 39.0 Å². The molecule has 13 heteroatoms. The van der Waals surface area contributed by atoms with Gasteiger partial charge in [-0.15, -0.1) is 6.42 Å². The number of hydrogen-bond acceptors (Lipinski definition) is 10. The molecule has 0 amide bonds. The Labute approximate surface area is 538 Å². The van der Waals surface area contributed by atoms with Gasteiger partial charge in [0.2, 0.25) is 11.0 Å². The second kappa shape index (κ2) is 31.4. The number of thiazole rings is 2. The Morgan fingerprint density at radius 3 is 1.93 bits per heavy atom. The lowest BCUT2D eigenvalue weighted by Crippen LogP contribution is -3.00. The summed E-state index contributed by atoms with van der Waals surface area (Å²) in [6, 6.07) is 34.8. The summed E-state index contributed by atoms with van der Waals surface area (Å²) in [7, 11) is 4.36. The Kier molecular flexibility index (Phi) is 24.7. The second-order valence-corrected chi connectivity index (χ2v) is 27.5. The van der Waals surface area contributed by atoms with E-state index in [-0.39, 0.29) is 29.4 Å². The molecule has 0 atom stereocenters. The number of unbranched alkanes of at least 4 members (excludes halogenated alkanes) is 2. The maximum Gasteiger partial charge on any atom is 0.263 e. The molecule has 4 heterocycles. The van der Waals surface area contributed by atoms with Crippen LogP contribution in [-0.4, -0.2) is 13.6 Å². The van der Waals surface area contributed by atoms with Gasteiger partial charge in [0.1, 0.15) is 16.4 Å². The summed E-state index contributed by atoms with van der Waals surface area (Å²) in [4.78, 5) is 8.39. The minimum absolute atomic E-state index is 0. The zero-order valence-corrected chi connectivity index (χ0v) is 57.0. The number of aryl methyl sites for hydroxylation is 7. The molecule has 7 nitrogen and oxygen atoms in total. The first-order chi connectivity index (χ1) is 40.0. The molecule has 84 heavy (non-hydrogen) atoms. The summed E-state index contributed by atoms with van der Waals surface area (Å²) in [5, 5.41) is 18.0. The lowest BCUT2D eigenvalue weighted by molar-refractivity contribution is -0.777. The fourth-order valence-corrected chi connectivity index (χ4v) is 16.1. The van der Waals surface area contributed by atoms with E-state index in [1.165, 1.54) is 132 Å². The quantitative estimate of drug-likeness (QED) is 0.0228. The number of aromatic nitrogens is 2. The topological polar surface area (TPSA) is 55.8 Å². The molecule has 11 rings (SSSR count). The van der Waals surface area contributed by atoms with Crippen LogP contribution in [0.2, 0.25) is 0 Å². The zero-order valence-electron chi connectivity index (χ0n) is 50.8. The molecule has 4 aliphatic rings. The van der Waals surface area contributed by atoms with Crippen molar-refractivity contribution in [2.24, 2.45) is 12.5 Å². The Bertz CT molecular complexity index is 3770. The van der Waals surface area contributed by atoms with Crippen molar-refractivity contribution in [1.29, 1.82) is 0 Å². The molecule has 5 aromatic carbocycles. The van der Waals surface area contributed by atoms with Crippen LogP contribution in [0.25, 0.3) is 32.6 Å². The van der Waals surface area contributed by atoms with Crippen molar-refractivity contribution in [3.63, 3.8) is 0 Å². The number of allylic oxidation sites excluding steroid dienone is 8. The Balaban J connectivity index is 0.000000192. The van der Waals surface area contributed by atoms with E-state index in [1.54, 1.807) is 6.92 Å². The van der Waals surface area contributed by atoms with E-state index in [0.29, 0.717) is 0 Å². The molecular formula is C71H79IN4O3S5. The van der Waals surface area contributed by atoms with Gasteiger partial charge in [0.25, 0.3) is 10.0 Å². The van der Waals surface area contributed by atoms with Crippen molar-refractivity contribution < 1.29 is 47.7 Å². The van der Waals surface area contributed by atoms with Crippen LogP contribution in [-0.2, 0) is 23.0 Å². The van der Waals surface area contributed by atoms with Gasteiger partial charge in [0, 0.05) is 59.0 Å². The molecule has 2 aliphatic carbocycles. The molecule has 0 radical (unpaired) electrons. The molecule has 438 valence electrons. The van der Waals surface area contributed by atoms with E-state index in [4.69, 9.17) is 6.42 Å². The van der Waals surface area contributed by atoms with Gasteiger partial charge in [0.15, 0.2) is 6.54 Å². The summed E-state index contributed by atoms with van der Waals surface area (Å²) in [6.07, 6.45) is 28.9. The number of halogens is 1. The summed E-state index contributed by atoms with van der Waals surface area (Å²) in [6.45, 7) is 23.9. The highest BCUT2D eigenvalue weighted by atomic mass is 127. The molecule has 2 aliphatic heterocycles. The van der Waals surface area contributed by atoms with E-state index in [9.17, 15) is 5.26 Å². The Morgan fingerprint density at radius 2 is 1.27 bits per heavy atom. The highest BCUT2D eigenvalue weighted by molar-refractivity contribution is 8.04. The monoisotopic (exact) mass is 1320 g/mol. The third-order valence-corrected chi connectivity index (χ3v) is 19.8. The van der Waals surface area contributed by atoms with Crippen molar-refractivity contribution in [2.75, 3.05) is 23.4 Å². The van der Waals surface area contributed by atoms with Gasteiger partial charge in [-0.05, 0) is 209 Å². The molecular weight excluding hydrogens is 1240 g/mol. The SMILES string of the molecule is C#CC#CC.CCCCC[n+]1c(C=C2C=C(C=C3Sc4cc(C)ccc4N3CC)CC(C)(C)C2)sc2cc(C)ccc21.Cc1ccc(SOO[O-])cc1.Cc1ccc2c(c1)SC(=CC1=CC(=Cc3sc4cc(C)ccc4[n+]3C)CCC1)N2C.[I-]. The average molecular weight is 1320 g/mol. The lowest BCUT2D eigenvalue weighted by atomic mass is 9.75. The van der Waals surface area contributed by atoms with Crippen molar-refractivity contribution in [3.05, 3.63) is 192 Å². The highest BCUT2D eigenvalue weighted by Crippen LogP contribution is 2.49. The number of rotatable bonds is 12. The van der Waals surface area contributed by atoms with Crippen LogP contribution in [0.4, 0.5) is 11.4 Å². The van der Waals surface area contributed by atoms with Crippen LogP contribution in [0.5, 0.6) is 0 Å². The molecule has 0 fully saturated rings. The summed E-state index contributed by atoms with van der Waals surface area (Å²) in [5.74, 6) is 7.08. The van der Waals surface area contributed by atoms with Crippen LogP contribution in [0, 0.1) is 64.2 Å². The first kappa shape index (κ1) is 66.2. The standard InChI is InChI=1S/C33H41N2S2.C26H27N2S2.C7H8O3S.C5H4.HI/c1-7-9-10-15-35-28-14-12-24(4)17-30(28)37-32(35)20-26-18-25(21-33(5,6)22-26)19-31-34(8-2)27-13-11-23(3)16-29(27)36-31;1-17-8-10-21-23(12-17)29-25(27(21)3)15-19-6-5-7-20(14-19)16-26-28(4)22-11-9-18(2)13-24(22)30-26;1-6-2-4-7(5-3-6)11-10-9-8;1-3-5-4-2;/h11-14,16-20H,7-10,15,21-22H2,1-6H3;8-16H,5-7H2,1-4H3;2-5,8H,1H3;1H,2H3;1H/q2*+1;;;/p-2. The molecule has 7 aromatic rings. The minimum atomic E-state index is 0. The third-order valence-electron chi connectivity index (χ3n) is 14.8. The fraction of sp³-hybridized carbons (Fsp3) is 0.324. The number of terminal acetylenes is 1. The zero-order chi connectivity index (χ0) is 59.2. The first-order valence-corrected chi connectivity index (χ1v) is 32.7. The summed E-state index contributed by atoms with van der Waals surface area (Å²) in [5.41, 5.74) is 17.9. The van der Waals surface area contributed by atoms with E-state index in [0.717, 1.165) is 61.3 Å². The number of fused-ring (bicyclic) bond motifs is 4. The molecule has 0 bridgehead atoms. The van der Waals surface area contributed by atoms with Crippen molar-refractivity contribution in [1.82, 2.24) is 0 Å². The molecule has 0 spiro atoms. The first-order valence-electron chi connectivity index (χ1n) is 28.7. The van der Waals surface area contributed by atoms with Crippen LogP contribution < -0.4 is 48.2 Å². The fourth-order valence-electron chi connectivity index (χ4n) is 10.7. The number of thioether (sulfide) groups is 2. The normalized spacial score (nSPS) is 16.8. The maximum atomic E-state index is 9.43. The molecule has 0 saturated heterocycles. The Morgan fingerprint density at radius 1 is 0.690 bits per heavy atom. The van der Waals surface area contributed by atoms with Crippen molar-refractivity contribution in [3.8, 4) is 24.2 Å². The van der Waals surface area contributed by atoms with Gasteiger partial charge in [-0.3, -0.25) is 5.04 Å². The van der Waals surface area contributed by atoms with E-state index in [1.807, 2.05) is 77.4 Å². The summed E-state index contributed by atoms with van der Waals surface area (Å²) >= 11 is 8.55. The number of benzene rings is 5. The van der Waals surface area contributed by atoms with Crippen LogP contribution in [0.1, 0.15) is 124 Å². The Hall–Kier alpha value is -5.30. The largest absolute Gasteiger partial charge is 1.00 e. The van der Waals surface area contributed by atoms with Gasteiger partial charge in [-0.2, -0.15) is 13.5 Å². The predicted molar refractivity (Wildman–Crippen MR) is 356 cm³/mol. The smallest absolute Gasteiger partial charge is 0.263 e. The van der Waals surface area contributed by atoms with Gasteiger partial charge in [-0.1, -0.05) is 133 Å². The van der Waals surface area contributed by atoms with E-state index < -0.39 is 0 Å². The van der Waals surface area contributed by atoms with Crippen molar-refractivity contribution in [2.45, 2.75) is 142 Å². The minimum Gasteiger partial charge on any atom is -1.00 e. The van der Waals surface area contributed by atoms with Crippen LogP contribution >= 0.6 is 58.2 Å². The second-order valence-electron chi connectivity index (χ2n) is 22.5. The average Bonchev–Trinajstić information content (AvgIpc) is 4.39. The predicted octanol–water partition coefficient (Wildman–Crippen LogP) is 15.4. The van der Waals surface area contributed by atoms with Crippen molar-refractivity contribution >= 4 is 102 Å². The maximum absolute atomic E-state index is 9.43. The highest BCUT2D eigenvalue weighted by Gasteiger charge is 2.30. The lowest BCUT2D eigenvalue weighted by Gasteiger charge is -2.31. The molecule has 0 N–H and O–H groups in total. The molecule has 0 saturated carbocycles. The van der Waals surface area contributed by atoms with Gasteiger partial charge in [-0.25, -0.2) is 0 Å².